The quantitative estimate of drug-likeness (QED) is 0.538. The fraction of sp³-hybridized carbons (Fsp3) is 0.556. The van der Waals surface area contributed by atoms with Crippen LogP contribution in [0.3, 0.4) is 0 Å². The molecule has 0 spiro atoms. The van der Waals surface area contributed by atoms with E-state index in [9.17, 15) is 4.79 Å². The molecule has 1 amide bonds. The van der Waals surface area contributed by atoms with Gasteiger partial charge in [-0.1, -0.05) is 0 Å². The zero-order valence-corrected chi connectivity index (χ0v) is 9.34. The third-order valence-electron chi connectivity index (χ3n) is 2.06. The van der Waals surface area contributed by atoms with Crippen molar-refractivity contribution in [2.75, 3.05) is 32.6 Å². The van der Waals surface area contributed by atoms with Gasteiger partial charge in [0, 0.05) is 13.1 Å². The Labute approximate surface area is 92.9 Å². The van der Waals surface area contributed by atoms with Crippen LogP contribution in [-0.2, 0) is 9.53 Å². The van der Waals surface area contributed by atoms with Gasteiger partial charge in [-0.25, -0.2) is 0 Å². The van der Waals surface area contributed by atoms with Crippen molar-refractivity contribution >= 4 is 17.7 Å². The Bertz CT molecular complexity index is 316. The molecule has 0 saturated carbocycles. The second-order valence-electron chi connectivity index (χ2n) is 2.96. The van der Waals surface area contributed by atoms with E-state index in [1.165, 1.54) is 11.8 Å². The highest BCUT2D eigenvalue weighted by atomic mass is 32.2. The van der Waals surface area contributed by atoms with Gasteiger partial charge in [-0.15, -0.1) is 11.8 Å². The summed E-state index contributed by atoms with van der Waals surface area (Å²) in [7, 11) is 0. The zero-order valence-electron chi connectivity index (χ0n) is 8.52. The number of carbonyl (C=O) groups is 1. The highest BCUT2D eigenvalue weighted by Gasteiger charge is 2.19. The van der Waals surface area contributed by atoms with Crippen LogP contribution in [0.5, 0.6) is 0 Å². The minimum absolute atomic E-state index is 0.0319. The number of amides is 1. The summed E-state index contributed by atoms with van der Waals surface area (Å²) < 4.78 is 5.20. The van der Waals surface area contributed by atoms with E-state index in [2.05, 4.69) is 0 Å². The lowest BCUT2D eigenvalue weighted by Crippen LogP contribution is -2.36. The number of morpholine rings is 1. The van der Waals surface area contributed by atoms with Gasteiger partial charge in [0.05, 0.1) is 18.2 Å². The molecule has 6 heteroatoms. The van der Waals surface area contributed by atoms with Gasteiger partial charge < -0.3 is 15.4 Å². The average Bonchev–Trinajstić information content (AvgIpc) is 2.26. The zero-order chi connectivity index (χ0) is 11.3. The topological polar surface area (TPSA) is 79.3 Å². The van der Waals surface area contributed by atoms with Gasteiger partial charge in [0.1, 0.15) is 11.6 Å². The number of hydrogen-bond donors (Lipinski definition) is 1. The number of nitriles is 1. The minimum Gasteiger partial charge on any atom is -0.378 e. The van der Waals surface area contributed by atoms with Crippen molar-refractivity contribution in [3.8, 4) is 6.07 Å². The van der Waals surface area contributed by atoms with Gasteiger partial charge in [-0.05, 0) is 6.26 Å². The first-order chi connectivity index (χ1) is 7.20. The number of thioether (sulfide) groups is 1. The maximum absolute atomic E-state index is 11.0. The van der Waals surface area contributed by atoms with Gasteiger partial charge in [0.25, 0.3) is 5.91 Å². The second-order valence-corrected chi connectivity index (χ2v) is 3.75. The molecule has 1 fully saturated rings. The molecule has 5 nitrogen and oxygen atoms in total. The molecule has 0 aromatic heterocycles. The molecule has 0 aromatic rings. The molecule has 0 bridgehead atoms. The molecule has 15 heavy (non-hydrogen) atoms. The summed E-state index contributed by atoms with van der Waals surface area (Å²) in [5, 5.41) is 9.50. The van der Waals surface area contributed by atoms with Crippen LogP contribution in [0.25, 0.3) is 0 Å². The van der Waals surface area contributed by atoms with Crippen LogP contribution < -0.4 is 5.73 Å². The largest absolute Gasteiger partial charge is 0.378 e. The summed E-state index contributed by atoms with van der Waals surface area (Å²) >= 11 is 1.36. The normalized spacial score (nSPS) is 18.0. The maximum atomic E-state index is 11.0. The average molecular weight is 227 g/mol. The number of carbonyl (C=O) groups excluding carboxylic acids is 1. The molecule has 2 N–H and O–H groups in total. The number of nitrogens with zero attached hydrogens (tertiary/aromatic N) is 2. The summed E-state index contributed by atoms with van der Waals surface area (Å²) in [6, 6.07) is 1.85. The van der Waals surface area contributed by atoms with Crippen LogP contribution in [0.2, 0.25) is 0 Å². The van der Waals surface area contributed by atoms with E-state index in [1.54, 1.807) is 0 Å². The van der Waals surface area contributed by atoms with Crippen molar-refractivity contribution in [1.29, 1.82) is 5.26 Å². The molecule has 1 rings (SSSR count). The monoisotopic (exact) mass is 227 g/mol. The molecule has 0 atom stereocenters. The predicted octanol–water partition coefficient (Wildman–Crippen LogP) is -0.0979. The molecule has 0 unspecified atom stereocenters. The van der Waals surface area contributed by atoms with E-state index in [4.69, 9.17) is 15.7 Å². The van der Waals surface area contributed by atoms with Crippen molar-refractivity contribution in [2.45, 2.75) is 0 Å². The standard InChI is InChI=1S/C9H13N3O2S/c1-15-9(7(6-10)8(11)13)12-2-4-14-5-3-12/h2-5H2,1H3,(H2,11,13)/b9-7+. The summed E-state index contributed by atoms with van der Waals surface area (Å²) in [6.45, 7) is 2.60. The van der Waals surface area contributed by atoms with Crippen molar-refractivity contribution < 1.29 is 9.53 Å². The molecule has 82 valence electrons. The van der Waals surface area contributed by atoms with Gasteiger partial charge in [-0.2, -0.15) is 5.26 Å². The van der Waals surface area contributed by atoms with Gasteiger partial charge >= 0.3 is 0 Å². The Kier molecular flexibility index (Phi) is 4.46. The highest BCUT2D eigenvalue weighted by Crippen LogP contribution is 2.22. The Morgan fingerprint density at radius 3 is 2.53 bits per heavy atom. The first-order valence-electron chi connectivity index (χ1n) is 4.51. The van der Waals surface area contributed by atoms with E-state index < -0.39 is 5.91 Å². The van der Waals surface area contributed by atoms with Crippen molar-refractivity contribution in [3.63, 3.8) is 0 Å². The van der Waals surface area contributed by atoms with Crippen LogP contribution in [0, 0.1) is 11.3 Å². The van der Waals surface area contributed by atoms with E-state index in [1.807, 2.05) is 17.2 Å². The molecular weight excluding hydrogens is 214 g/mol. The Morgan fingerprint density at radius 1 is 1.53 bits per heavy atom. The molecule has 0 aliphatic carbocycles. The minimum atomic E-state index is -0.673. The molecule has 0 radical (unpaired) electrons. The fourth-order valence-electron chi connectivity index (χ4n) is 1.36. The van der Waals surface area contributed by atoms with Gasteiger partial charge in [0.2, 0.25) is 0 Å². The Morgan fingerprint density at radius 2 is 2.13 bits per heavy atom. The van der Waals surface area contributed by atoms with Crippen molar-refractivity contribution in [2.24, 2.45) is 5.73 Å². The van der Waals surface area contributed by atoms with Crippen LogP contribution in [0.4, 0.5) is 0 Å². The first kappa shape index (κ1) is 11.9. The number of ether oxygens (including phenoxy) is 1. The van der Waals surface area contributed by atoms with Crippen LogP contribution in [-0.4, -0.2) is 43.4 Å². The van der Waals surface area contributed by atoms with Crippen molar-refractivity contribution in [1.82, 2.24) is 4.90 Å². The number of rotatable bonds is 3. The molecule has 1 aliphatic heterocycles. The highest BCUT2D eigenvalue weighted by molar-refractivity contribution is 8.02. The van der Waals surface area contributed by atoms with Gasteiger partial charge in [-0.3, -0.25) is 4.79 Å². The Balaban J connectivity index is 2.93. The summed E-state index contributed by atoms with van der Waals surface area (Å²) in [6.07, 6.45) is 1.82. The number of hydrogen-bond acceptors (Lipinski definition) is 5. The molecule has 1 heterocycles. The first-order valence-corrected chi connectivity index (χ1v) is 5.74. The lowest BCUT2D eigenvalue weighted by molar-refractivity contribution is -0.114. The van der Waals surface area contributed by atoms with E-state index in [-0.39, 0.29) is 5.57 Å². The summed E-state index contributed by atoms with van der Waals surface area (Å²) in [5.74, 6) is -0.673. The van der Waals surface area contributed by atoms with Crippen LogP contribution in [0.15, 0.2) is 10.6 Å². The van der Waals surface area contributed by atoms with E-state index in [0.717, 1.165) is 0 Å². The number of primary amides is 1. The summed E-state index contributed by atoms with van der Waals surface area (Å²) in [5.41, 5.74) is 5.17. The van der Waals surface area contributed by atoms with E-state index >= 15 is 0 Å². The third-order valence-corrected chi connectivity index (χ3v) is 2.91. The molecule has 1 aliphatic rings. The number of nitrogens with two attached hydrogens (primary N) is 1. The smallest absolute Gasteiger partial charge is 0.262 e. The van der Waals surface area contributed by atoms with E-state index in [0.29, 0.717) is 31.3 Å². The molecular formula is C9H13N3O2S. The van der Waals surface area contributed by atoms with Crippen LogP contribution in [0.1, 0.15) is 0 Å². The lowest BCUT2D eigenvalue weighted by atomic mass is 10.3. The second kappa shape index (κ2) is 5.63. The molecule has 1 saturated heterocycles. The van der Waals surface area contributed by atoms with Crippen LogP contribution >= 0.6 is 11.8 Å². The SMILES string of the molecule is CS/C(=C(\C#N)C(N)=O)N1CCOCC1. The Hall–Kier alpha value is -1.19. The molecule has 0 aromatic carbocycles. The predicted molar refractivity (Wildman–Crippen MR) is 57.7 cm³/mol. The maximum Gasteiger partial charge on any atom is 0.262 e. The lowest BCUT2D eigenvalue weighted by Gasteiger charge is -2.30. The summed E-state index contributed by atoms with van der Waals surface area (Å²) in [4.78, 5) is 13.0. The third kappa shape index (κ3) is 2.88. The fourth-order valence-corrected chi connectivity index (χ4v) is 2.16. The van der Waals surface area contributed by atoms with Crippen molar-refractivity contribution in [3.05, 3.63) is 10.6 Å². The van der Waals surface area contributed by atoms with Gasteiger partial charge in [0.15, 0.2) is 0 Å².